The van der Waals surface area contributed by atoms with Crippen LogP contribution >= 0.6 is 11.3 Å². The number of nitrogens with zero attached hydrogens (tertiary/aromatic N) is 1. The summed E-state index contributed by atoms with van der Waals surface area (Å²) in [6, 6.07) is 0. The molecule has 0 radical (unpaired) electrons. The van der Waals surface area contributed by atoms with E-state index in [9.17, 15) is 9.59 Å². The number of carbonyl (C=O) groups excluding carboxylic acids is 2. The van der Waals surface area contributed by atoms with E-state index >= 15 is 0 Å². The number of rotatable bonds is 6. The second kappa shape index (κ2) is 5.79. The number of thiazole rings is 1. The Hall–Kier alpha value is -1.27. The highest BCUT2D eigenvalue weighted by Crippen LogP contribution is 2.44. The van der Waals surface area contributed by atoms with Gasteiger partial charge in [0.1, 0.15) is 16.0 Å². The van der Waals surface area contributed by atoms with Crippen molar-refractivity contribution in [2.75, 3.05) is 13.7 Å². The quantitative estimate of drug-likeness (QED) is 0.593. The fraction of sp³-hybridized carbons (Fsp3) is 0.615. The number of hydrogen-bond donors (Lipinski definition) is 0. The summed E-state index contributed by atoms with van der Waals surface area (Å²) in [6.45, 7) is 3.94. The van der Waals surface area contributed by atoms with E-state index in [1.54, 1.807) is 0 Å². The Morgan fingerprint density at radius 1 is 1.47 bits per heavy atom. The minimum absolute atomic E-state index is 0.105. The van der Waals surface area contributed by atoms with E-state index < -0.39 is 5.97 Å². The summed E-state index contributed by atoms with van der Waals surface area (Å²) >= 11 is 1.24. The lowest BCUT2D eigenvalue weighted by Gasteiger charge is -2.12. The van der Waals surface area contributed by atoms with Gasteiger partial charge in [-0.2, -0.15) is 0 Å². The van der Waals surface area contributed by atoms with Crippen molar-refractivity contribution in [3.05, 3.63) is 15.6 Å². The zero-order chi connectivity index (χ0) is 14.0. The van der Waals surface area contributed by atoms with Crippen LogP contribution < -0.4 is 0 Å². The largest absolute Gasteiger partial charge is 0.464 e. The van der Waals surface area contributed by atoms with Crippen molar-refractivity contribution >= 4 is 23.1 Å². The molecule has 1 aromatic rings. The summed E-state index contributed by atoms with van der Waals surface area (Å²) in [5, 5.41) is 0.704. The van der Waals surface area contributed by atoms with Crippen LogP contribution in [0.3, 0.4) is 0 Å². The molecule has 19 heavy (non-hydrogen) atoms. The molecular weight excluding hydrogens is 266 g/mol. The van der Waals surface area contributed by atoms with Crippen molar-refractivity contribution < 1.29 is 19.1 Å². The van der Waals surface area contributed by atoms with Crippen LogP contribution in [0.4, 0.5) is 0 Å². The first-order valence-corrected chi connectivity index (χ1v) is 7.11. The fourth-order valence-corrected chi connectivity index (χ4v) is 3.01. The Labute approximate surface area is 115 Å². The molecule has 1 aliphatic rings. The molecule has 1 aliphatic carbocycles. The number of aromatic nitrogens is 1. The van der Waals surface area contributed by atoms with Gasteiger partial charge in [-0.1, -0.05) is 0 Å². The molecule has 1 heterocycles. The molecule has 5 nitrogen and oxygen atoms in total. The van der Waals surface area contributed by atoms with Crippen LogP contribution in [0.5, 0.6) is 0 Å². The lowest BCUT2D eigenvalue weighted by atomic mass is 10.2. The van der Waals surface area contributed by atoms with E-state index in [2.05, 4.69) is 9.72 Å². The lowest BCUT2D eigenvalue weighted by molar-refractivity contribution is 0.0456. The smallest absolute Gasteiger partial charge is 0.358 e. The fourth-order valence-electron chi connectivity index (χ4n) is 1.92. The van der Waals surface area contributed by atoms with Crippen LogP contribution in [0.2, 0.25) is 0 Å². The number of Topliss-reactive ketones (excluding diaryl/α,β-unsaturated/α-hetero) is 1. The van der Waals surface area contributed by atoms with Gasteiger partial charge in [0.05, 0.1) is 7.11 Å². The van der Waals surface area contributed by atoms with Gasteiger partial charge >= 0.3 is 5.97 Å². The molecule has 6 heteroatoms. The summed E-state index contributed by atoms with van der Waals surface area (Å²) < 4.78 is 10.4. The maximum absolute atomic E-state index is 11.6. The normalized spacial score (nSPS) is 16.2. The molecule has 1 unspecified atom stereocenters. The molecule has 0 aromatic carbocycles. The maximum Gasteiger partial charge on any atom is 0.358 e. The summed E-state index contributed by atoms with van der Waals surface area (Å²) in [5.74, 6) is -0.287. The predicted molar refractivity (Wildman–Crippen MR) is 70.5 cm³/mol. The zero-order valence-electron chi connectivity index (χ0n) is 11.3. The van der Waals surface area contributed by atoms with Crippen LogP contribution in [0.15, 0.2) is 0 Å². The summed E-state index contributed by atoms with van der Waals surface area (Å²) in [4.78, 5) is 27.9. The number of esters is 1. The average molecular weight is 283 g/mol. The van der Waals surface area contributed by atoms with E-state index in [4.69, 9.17) is 4.74 Å². The highest BCUT2D eigenvalue weighted by Gasteiger charge is 2.36. The monoisotopic (exact) mass is 283 g/mol. The van der Waals surface area contributed by atoms with Gasteiger partial charge in [-0.15, -0.1) is 11.3 Å². The van der Waals surface area contributed by atoms with Crippen molar-refractivity contribution in [2.45, 2.75) is 32.8 Å². The molecule has 0 amide bonds. The van der Waals surface area contributed by atoms with E-state index in [0.717, 1.165) is 12.8 Å². The molecule has 0 aliphatic heterocycles. The second-order valence-corrected chi connectivity index (χ2v) is 5.52. The third-order valence-corrected chi connectivity index (χ3v) is 4.20. The van der Waals surface area contributed by atoms with Gasteiger partial charge in [-0.05, 0) is 25.7 Å². The summed E-state index contributed by atoms with van der Waals surface area (Å²) in [7, 11) is 1.28. The first kappa shape index (κ1) is 14.1. The number of ether oxygens (including phenoxy) is 2. The van der Waals surface area contributed by atoms with Crippen molar-refractivity contribution in [3.8, 4) is 0 Å². The Balaban J connectivity index is 2.35. The molecule has 104 valence electrons. The molecule has 1 fully saturated rings. The van der Waals surface area contributed by atoms with Crippen LogP contribution in [0, 0.1) is 5.92 Å². The number of methoxy groups -OCH3 is 1. The molecule has 1 atom stereocenters. The van der Waals surface area contributed by atoms with E-state index in [1.165, 1.54) is 25.4 Å². The third-order valence-electron chi connectivity index (χ3n) is 2.98. The predicted octanol–water partition coefficient (Wildman–Crippen LogP) is 2.62. The summed E-state index contributed by atoms with van der Waals surface area (Å²) in [5.41, 5.74) is 0.111. The average Bonchev–Trinajstić information content (AvgIpc) is 3.12. The van der Waals surface area contributed by atoms with Crippen LogP contribution in [0.1, 0.15) is 58.0 Å². The van der Waals surface area contributed by atoms with Gasteiger partial charge in [-0.25, -0.2) is 9.78 Å². The topological polar surface area (TPSA) is 65.5 Å². The summed E-state index contributed by atoms with van der Waals surface area (Å²) in [6.07, 6.45) is 2.10. The minimum atomic E-state index is -0.571. The lowest BCUT2D eigenvalue weighted by Crippen LogP contribution is -2.09. The Kier molecular flexibility index (Phi) is 4.31. The van der Waals surface area contributed by atoms with Gasteiger partial charge in [-0.3, -0.25) is 4.79 Å². The van der Waals surface area contributed by atoms with Crippen molar-refractivity contribution in [1.29, 1.82) is 0 Å². The van der Waals surface area contributed by atoms with Gasteiger partial charge in [0.15, 0.2) is 11.5 Å². The molecule has 0 N–H and O–H groups in total. The van der Waals surface area contributed by atoms with Gasteiger partial charge < -0.3 is 9.47 Å². The van der Waals surface area contributed by atoms with Gasteiger partial charge in [0.25, 0.3) is 0 Å². The second-order valence-electron chi connectivity index (χ2n) is 4.49. The molecular formula is C13H17NO4S. The van der Waals surface area contributed by atoms with Crippen LogP contribution in [-0.2, 0) is 9.47 Å². The molecule has 0 spiro atoms. The molecule has 2 rings (SSSR count). The Morgan fingerprint density at radius 2 is 2.16 bits per heavy atom. The molecule has 0 bridgehead atoms. The SMILES string of the molecule is CCOC(c1nc(C(=O)OC)c(C(C)=O)s1)C1CC1. The van der Waals surface area contributed by atoms with Gasteiger partial charge in [0, 0.05) is 13.5 Å². The molecule has 1 aromatic heterocycles. The maximum atomic E-state index is 11.6. The highest BCUT2D eigenvalue weighted by molar-refractivity contribution is 7.14. The van der Waals surface area contributed by atoms with Crippen molar-refractivity contribution in [1.82, 2.24) is 4.98 Å². The van der Waals surface area contributed by atoms with Crippen LogP contribution in [-0.4, -0.2) is 30.5 Å². The Bertz CT molecular complexity index is 493. The first-order valence-electron chi connectivity index (χ1n) is 6.30. The number of carbonyl (C=O) groups is 2. The van der Waals surface area contributed by atoms with Gasteiger partial charge in [0.2, 0.25) is 0 Å². The first-order chi connectivity index (χ1) is 9.08. The number of hydrogen-bond acceptors (Lipinski definition) is 6. The molecule has 0 saturated heterocycles. The van der Waals surface area contributed by atoms with Crippen LogP contribution in [0.25, 0.3) is 0 Å². The standard InChI is InChI=1S/C13H17NO4S/c1-4-18-10(8-5-6-8)12-14-9(13(16)17-3)11(19-12)7(2)15/h8,10H,4-6H2,1-3H3. The van der Waals surface area contributed by atoms with E-state index in [0.29, 0.717) is 22.4 Å². The molecule has 1 saturated carbocycles. The van der Waals surface area contributed by atoms with Crippen molar-refractivity contribution in [2.24, 2.45) is 5.92 Å². The highest BCUT2D eigenvalue weighted by atomic mass is 32.1. The van der Waals surface area contributed by atoms with E-state index in [1.807, 2.05) is 6.92 Å². The van der Waals surface area contributed by atoms with Crippen molar-refractivity contribution in [3.63, 3.8) is 0 Å². The number of ketones is 1. The zero-order valence-corrected chi connectivity index (χ0v) is 12.1. The minimum Gasteiger partial charge on any atom is -0.464 e. The third kappa shape index (κ3) is 3.01. The Morgan fingerprint density at radius 3 is 2.63 bits per heavy atom. The van der Waals surface area contributed by atoms with E-state index in [-0.39, 0.29) is 17.6 Å².